The first-order valence-corrected chi connectivity index (χ1v) is 16.3. The lowest BCUT2D eigenvalue weighted by atomic mass is 9.70. The maximum absolute atomic E-state index is 13.7. The number of hydrogen-bond acceptors (Lipinski definition) is 12. The molecule has 5 rings (SSSR count). The van der Waals surface area contributed by atoms with E-state index in [4.69, 9.17) is 18.9 Å². The fraction of sp³-hybridized carbons (Fsp3) is 0.571. The minimum atomic E-state index is -1.01. The molecule has 2 bridgehead atoms. The Labute approximate surface area is 286 Å². The highest BCUT2D eigenvalue weighted by Gasteiger charge is 2.57. The molecule has 2 amide bonds. The number of nitrogens with one attached hydrogen (secondary N) is 2. The van der Waals surface area contributed by atoms with Crippen LogP contribution in [-0.4, -0.2) is 109 Å². The second kappa shape index (κ2) is 13.5. The molecule has 3 heterocycles. The van der Waals surface area contributed by atoms with Crippen molar-refractivity contribution in [1.82, 2.24) is 20.4 Å². The molecular formula is C35H45N5O9. The number of nitrogens with zero attached hydrogens (tertiary/aromatic N) is 3. The molecule has 264 valence electrons. The number of allylic oxidation sites excluding steroid dienone is 2. The lowest BCUT2D eigenvalue weighted by Crippen LogP contribution is -2.71. The van der Waals surface area contributed by atoms with Gasteiger partial charge >= 0.3 is 6.09 Å². The molecule has 49 heavy (non-hydrogen) atoms. The summed E-state index contributed by atoms with van der Waals surface area (Å²) < 4.78 is 22.5. The summed E-state index contributed by atoms with van der Waals surface area (Å²) in [5, 5.41) is 27.4. The number of benzene rings is 1. The Kier molecular flexibility index (Phi) is 9.84. The molecule has 14 heteroatoms. The summed E-state index contributed by atoms with van der Waals surface area (Å²) in [4.78, 5) is 56.6. The van der Waals surface area contributed by atoms with Crippen molar-refractivity contribution in [2.75, 3.05) is 34.6 Å². The van der Waals surface area contributed by atoms with Gasteiger partial charge in [-0.25, -0.2) is 4.79 Å². The summed E-state index contributed by atoms with van der Waals surface area (Å²) in [5.74, 6) is -1.42. The monoisotopic (exact) mass is 679 g/mol. The molecule has 0 aromatic heterocycles. The molecule has 2 unspecified atom stereocenters. The third-order valence-corrected chi connectivity index (χ3v) is 9.78. The fourth-order valence-electron chi connectivity index (χ4n) is 7.72. The Bertz CT molecular complexity index is 1690. The summed E-state index contributed by atoms with van der Waals surface area (Å²) >= 11 is 0. The largest absolute Gasteiger partial charge is 0.507 e. The van der Waals surface area contributed by atoms with E-state index in [0.717, 1.165) is 16.7 Å². The Hall–Kier alpha value is -4.45. The zero-order valence-corrected chi connectivity index (χ0v) is 29.4. The van der Waals surface area contributed by atoms with Crippen LogP contribution in [0.1, 0.15) is 63.8 Å². The Morgan fingerprint density at radius 2 is 1.82 bits per heavy atom. The molecule has 0 radical (unpaired) electrons. The van der Waals surface area contributed by atoms with Crippen molar-refractivity contribution in [1.29, 1.82) is 5.26 Å². The number of amides is 2. The van der Waals surface area contributed by atoms with Gasteiger partial charge in [0.1, 0.15) is 23.4 Å². The molecule has 1 aliphatic carbocycles. The Morgan fingerprint density at radius 1 is 1.12 bits per heavy atom. The second-order valence-corrected chi connectivity index (χ2v) is 14.0. The third-order valence-electron chi connectivity index (χ3n) is 9.78. The number of aryl methyl sites for hydroxylation is 1. The number of rotatable bonds is 8. The lowest BCUT2D eigenvalue weighted by molar-refractivity contribution is -0.134. The highest BCUT2D eigenvalue weighted by molar-refractivity contribution is 6.50. The van der Waals surface area contributed by atoms with E-state index >= 15 is 0 Å². The van der Waals surface area contributed by atoms with Crippen LogP contribution in [0.15, 0.2) is 28.5 Å². The number of methoxy groups -OCH3 is 2. The maximum atomic E-state index is 13.7. The van der Waals surface area contributed by atoms with Crippen LogP contribution in [0.25, 0.3) is 0 Å². The average molecular weight is 680 g/mol. The van der Waals surface area contributed by atoms with Crippen molar-refractivity contribution in [2.24, 2.45) is 0 Å². The molecule has 1 fully saturated rings. The molecule has 1 aromatic rings. The molecule has 14 nitrogen and oxygen atoms in total. The lowest BCUT2D eigenvalue weighted by Gasteiger charge is -2.60. The van der Waals surface area contributed by atoms with Gasteiger partial charge < -0.3 is 34.7 Å². The van der Waals surface area contributed by atoms with Gasteiger partial charge in [-0.3, -0.25) is 24.2 Å². The molecule has 0 saturated carbocycles. The van der Waals surface area contributed by atoms with E-state index in [1.807, 2.05) is 24.9 Å². The zero-order valence-electron chi connectivity index (χ0n) is 29.4. The van der Waals surface area contributed by atoms with Gasteiger partial charge in [-0.15, -0.1) is 0 Å². The number of aliphatic hydroxyl groups excluding tert-OH is 1. The first-order chi connectivity index (χ1) is 23.1. The van der Waals surface area contributed by atoms with Crippen molar-refractivity contribution in [2.45, 2.75) is 96.2 Å². The fourth-order valence-corrected chi connectivity index (χ4v) is 7.72. The minimum Gasteiger partial charge on any atom is -0.507 e. The minimum absolute atomic E-state index is 0.0415. The van der Waals surface area contributed by atoms with Crippen LogP contribution < -0.4 is 20.1 Å². The predicted octanol–water partition coefficient (Wildman–Crippen LogP) is 2.54. The molecule has 3 N–H and O–H groups in total. The summed E-state index contributed by atoms with van der Waals surface area (Å²) in [7, 11) is 5.02. The number of carbonyl (C=O) groups is 4. The number of carbonyl (C=O) groups excluding carboxylic acids is 4. The van der Waals surface area contributed by atoms with Gasteiger partial charge in [-0.05, 0) is 72.6 Å². The number of Topliss-reactive ketones (excluding diaryl/α,β-unsaturated/α-hetero) is 2. The number of ketones is 2. The number of likely N-dealkylation sites (N-methyl/N-ethyl adjacent to an activating group) is 1. The van der Waals surface area contributed by atoms with Crippen LogP contribution in [0.5, 0.6) is 11.5 Å². The van der Waals surface area contributed by atoms with Gasteiger partial charge in [0.05, 0.1) is 25.3 Å². The smallest absolute Gasteiger partial charge is 0.408 e. The van der Waals surface area contributed by atoms with Gasteiger partial charge in [0.15, 0.2) is 18.3 Å². The van der Waals surface area contributed by atoms with E-state index in [2.05, 4.69) is 21.6 Å². The van der Waals surface area contributed by atoms with Crippen molar-refractivity contribution in [3.8, 4) is 17.6 Å². The molecule has 6 atom stereocenters. The zero-order chi connectivity index (χ0) is 36.1. The summed E-state index contributed by atoms with van der Waals surface area (Å²) in [6.07, 6.45) is -0.168. The number of nitriles is 1. The van der Waals surface area contributed by atoms with Gasteiger partial charge in [-0.2, -0.15) is 5.26 Å². The second-order valence-electron chi connectivity index (χ2n) is 14.0. The van der Waals surface area contributed by atoms with Crippen LogP contribution in [0.2, 0.25) is 0 Å². The number of ether oxygens (including phenoxy) is 4. The van der Waals surface area contributed by atoms with E-state index in [9.17, 15) is 29.5 Å². The molecule has 1 aromatic carbocycles. The number of piperazine rings is 1. The normalized spacial score (nSPS) is 25.8. The van der Waals surface area contributed by atoms with Crippen LogP contribution in [0.4, 0.5) is 4.79 Å². The van der Waals surface area contributed by atoms with Crippen LogP contribution in [0, 0.1) is 18.3 Å². The number of fused-ring (bicyclic) bond motifs is 6. The first-order valence-electron chi connectivity index (χ1n) is 16.3. The van der Waals surface area contributed by atoms with Crippen molar-refractivity contribution < 1.29 is 43.2 Å². The van der Waals surface area contributed by atoms with Crippen LogP contribution in [0.3, 0.4) is 0 Å². The van der Waals surface area contributed by atoms with E-state index in [0.29, 0.717) is 23.5 Å². The quantitative estimate of drug-likeness (QED) is 0.208. The summed E-state index contributed by atoms with van der Waals surface area (Å²) in [5.41, 5.74) is 2.20. The number of hydrogen-bond donors (Lipinski definition) is 3. The summed E-state index contributed by atoms with van der Waals surface area (Å²) in [6, 6.07) is 0.496. The highest BCUT2D eigenvalue weighted by atomic mass is 16.7. The van der Waals surface area contributed by atoms with Gasteiger partial charge in [0.25, 0.3) is 0 Å². The van der Waals surface area contributed by atoms with E-state index in [1.165, 1.54) is 21.0 Å². The Morgan fingerprint density at radius 3 is 2.43 bits per heavy atom. The molecule has 0 spiro atoms. The van der Waals surface area contributed by atoms with Crippen molar-refractivity contribution >= 4 is 23.6 Å². The SMILES string of the molecule is COCOc1c(OC)c(C)cc2c1[C@@H]1C3CC4=C(C(=O)C(=O)C(C)=C4O)[C@H](CNC(=O)[C@H](C)NC(=O)OC(C)(C)C)N3C(C#N)[C@@H](C2)N1C. The third kappa shape index (κ3) is 6.26. The first kappa shape index (κ1) is 35.8. The van der Waals surface area contributed by atoms with Gasteiger partial charge in [0, 0.05) is 48.0 Å². The van der Waals surface area contributed by atoms with Crippen molar-refractivity contribution in [3.63, 3.8) is 0 Å². The molecule has 1 saturated heterocycles. The van der Waals surface area contributed by atoms with E-state index in [-0.39, 0.29) is 42.7 Å². The van der Waals surface area contributed by atoms with Gasteiger partial charge in [-0.1, -0.05) is 6.07 Å². The number of alkyl carbamates (subject to hydrolysis) is 1. The van der Waals surface area contributed by atoms with Crippen molar-refractivity contribution in [3.05, 3.63) is 45.2 Å². The topological polar surface area (TPSA) is 180 Å². The van der Waals surface area contributed by atoms with E-state index in [1.54, 1.807) is 27.9 Å². The standard InChI is InChI=1S/C35H45N5O9/c1-16-10-19-11-21-23(13-36)40-22(27(39(21)7)25(19)32(31(16)47-9)48-15-46-8)12-20-26(30(43)29(42)17(2)28(20)41)24(40)14-37-33(44)18(3)38-34(45)49-35(4,5)6/h10,18,21-24,27,41H,11-12,14-15H2,1-9H3,(H,37,44)(H,38,45)/t18-,21+,22?,23?,24-,27-/m0/s1. The highest BCUT2D eigenvalue weighted by Crippen LogP contribution is 2.54. The molecule has 3 aliphatic heterocycles. The van der Waals surface area contributed by atoms with Gasteiger partial charge in [0.2, 0.25) is 17.5 Å². The van der Waals surface area contributed by atoms with Crippen LogP contribution in [-0.2, 0) is 30.3 Å². The van der Waals surface area contributed by atoms with E-state index < -0.39 is 59.4 Å². The number of aliphatic hydroxyl groups is 1. The molecule has 4 aliphatic rings. The predicted molar refractivity (Wildman–Crippen MR) is 176 cm³/mol. The maximum Gasteiger partial charge on any atom is 0.408 e. The average Bonchev–Trinajstić information content (AvgIpc) is 3.03. The molecular weight excluding hydrogens is 634 g/mol. The Balaban J connectivity index is 1.61. The summed E-state index contributed by atoms with van der Waals surface area (Å²) in [6.45, 7) is 9.71. The van der Waals surface area contributed by atoms with Crippen LogP contribution >= 0.6 is 0 Å².